The van der Waals surface area contributed by atoms with Gasteiger partial charge in [0.1, 0.15) is 11.5 Å². The van der Waals surface area contributed by atoms with E-state index < -0.39 is 0 Å². The van der Waals surface area contributed by atoms with Crippen molar-refractivity contribution in [1.29, 1.82) is 0 Å². The fourth-order valence-corrected chi connectivity index (χ4v) is 2.08. The van der Waals surface area contributed by atoms with Crippen LogP contribution in [0.3, 0.4) is 0 Å². The number of anilines is 2. The van der Waals surface area contributed by atoms with Gasteiger partial charge in [-0.15, -0.1) is 0 Å². The van der Waals surface area contributed by atoms with Crippen molar-refractivity contribution >= 4 is 11.5 Å². The van der Waals surface area contributed by atoms with Crippen molar-refractivity contribution < 1.29 is 4.74 Å². The second-order valence-corrected chi connectivity index (χ2v) is 5.22. The van der Waals surface area contributed by atoms with E-state index in [0.29, 0.717) is 24.0 Å². The van der Waals surface area contributed by atoms with Crippen LogP contribution < -0.4 is 15.8 Å². The zero-order chi connectivity index (χ0) is 16.4. The van der Waals surface area contributed by atoms with Crippen molar-refractivity contribution in [1.82, 2.24) is 14.9 Å². The molecule has 0 aliphatic rings. The van der Waals surface area contributed by atoms with Gasteiger partial charge in [-0.1, -0.05) is 34.1 Å². The number of nitrogen functional groups attached to an aromatic ring is 1. The van der Waals surface area contributed by atoms with Gasteiger partial charge in [0.05, 0.1) is 6.61 Å². The number of likely N-dealkylation sites (N-methyl/N-ethyl adjacent to an activating group) is 1. The van der Waals surface area contributed by atoms with Crippen LogP contribution in [-0.4, -0.2) is 47.7 Å². The van der Waals surface area contributed by atoms with Gasteiger partial charge in [0.2, 0.25) is 5.88 Å². The number of aromatic nitrogens is 2. The van der Waals surface area contributed by atoms with Gasteiger partial charge in [0.15, 0.2) is 5.82 Å². The summed E-state index contributed by atoms with van der Waals surface area (Å²) in [5.74, 6) is 1.95. The number of rotatable bonds is 11. The molecular weight excluding hydrogens is 278 g/mol. The third-order valence-corrected chi connectivity index (χ3v) is 3.62. The van der Waals surface area contributed by atoms with Gasteiger partial charge in [-0.2, -0.15) is 4.98 Å². The van der Waals surface area contributed by atoms with E-state index in [2.05, 4.69) is 41.0 Å². The molecule has 0 saturated carbocycles. The number of ether oxygens (including phenoxy) is 1. The zero-order valence-electron chi connectivity index (χ0n) is 14.5. The van der Waals surface area contributed by atoms with Crippen molar-refractivity contribution in [3.05, 3.63) is 5.82 Å². The summed E-state index contributed by atoms with van der Waals surface area (Å²) in [6.45, 7) is 13.0. The lowest BCUT2D eigenvalue weighted by atomic mass is 10.3. The number of nitrogens with one attached hydrogen (secondary N) is 1. The summed E-state index contributed by atoms with van der Waals surface area (Å²) in [5, 5.41) is 3.32. The molecule has 0 aliphatic heterocycles. The van der Waals surface area contributed by atoms with E-state index in [1.807, 2.05) is 6.92 Å². The normalized spacial score (nSPS) is 11.0. The van der Waals surface area contributed by atoms with Crippen molar-refractivity contribution in [2.45, 2.75) is 47.0 Å². The van der Waals surface area contributed by atoms with Gasteiger partial charge in [-0.05, 0) is 19.5 Å². The molecule has 0 unspecified atom stereocenters. The Morgan fingerprint density at radius 3 is 2.45 bits per heavy atom. The van der Waals surface area contributed by atoms with Gasteiger partial charge < -0.3 is 20.7 Å². The Labute approximate surface area is 134 Å². The zero-order valence-corrected chi connectivity index (χ0v) is 14.5. The van der Waals surface area contributed by atoms with E-state index in [4.69, 9.17) is 10.5 Å². The van der Waals surface area contributed by atoms with Gasteiger partial charge in [-0.25, -0.2) is 4.98 Å². The number of unbranched alkanes of at least 4 members (excludes halogenated alkanes) is 1. The van der Waals surface area contributed by atoms with Crippen molar-refractivity contribution in [3.8, 4) is 5.88 Å². The molecular formula is C16H31N5O. The molecule has 0 amide bonds. The molecule has 0 fully saturated rings. The van der Waals surface area contributed by atoms with Crippen molar-refractivity contribution in [2.75, 3.05) is 43.8 Å². The third-order valence-electron chi connectivity index (χ3n) is 3.62. The van der Waals surface area contributed by atoms with E-state index in [1.54, 1.807) is 0 Å². The molecule has 6 heteroatoms. The monoisotopic (exact) mass is 309 g/mol. The minimum atomic E-state index is 0.505. The summed E-state index contributed by atoms with van der Waals surface area (Å²) in [5.41, 5.74) is 6.65. The van der Waals surface area contributed by atoms with E-state index in [-0.39, 0.29) is 0 Å². The van der Waals surface area contributed by atoms with Crippen LogP contribution in [0.15, 0.2) is 0 Å². The Hall–Kier alpha value is -1.56. The van der Waals surface area contributed by atoms with Crippen LogP contribution in [-0.2, 0) is 6.42 Å². The molecule has 1 aromatic heterocycles. The molecule has 126 valence electrons. The highest BCUT2D eigenvalue weighted by Gasteiger charge is 2.12. The van der Waals surface area contributed by atoms with E-state index in [1.165, 1.54) is 0 Å². The molecule has 0 aromatic carbocycles. The first kappa shape index (κ1) is 18.5. The average molecular weight is 309 g/mol. The predicted molar refractivity (Wildman–Crippen MR) is 92.5 cm³/mol. The molecule has 3 N–H and O–H groups in total. The fraction of sp³-hybridized carbons (Fsp3) is 0.750. The average Bonchev–Trinajstić information content (AvgIpc) is 2.54. The number of aryl methyl sites for hydroxylation is 1. The Balaban J connectivity index is 2.73. The van der Waals surface area contributed by atoms with Crippen LogP contribution in [0.25, 0.3) is 0 Å². The maximum atomic E-state index is 6.14. The van der Waals surface area contributed by atoms with Crippen LogP contribution in [0.2, 0.25) is 0 Å². The Morgan fingerprint density at radius 2 is 1.86 bits per heavy atom. The van der Waals surface area contributed by atoms with Gasteiger partial charge in [0.25, 0.3) is 0 Å². The largest absolute Gasteiger partial charge is 0.476 e. The lowest BCUT2D eigenvalue weighted by Gasteiger charge is -2.19. The number of nitrogens with two attached hydrogens (primary N) is 1. The maximum Gasteiger partial charge on any atom is 0.242 e. The highest BCUT2D eigenvalue weighted by atomic mass is 16.5. The van der Waals surface area contributed by atoms with E-state index >= 15 is 0 Å². The molecule has 1 heterocycles. The summed E-state index contributed by atoms with van der Waals surface area (Å²) in [7, 11) is 0. The second kappa shape index (κ2) is 10.2. The van der Waals surface area contributed by atoms with E-state index in [0.717, 1.165) is 51.3 Å². The molecule has 22 heavy (non-hydrogen) atoms. The first-order chi connectivity index (χ1) is 10.7. The standard InChI is InChI=1S/C16H31N5O/c1-5-9-12-22-16-14(17)15(19-13(6-2)20-16)18-10-11-21(7-3)8-4/h5-12,17H2,1-4H3,(H,18,19,20). The molecule has 6 nitrogen and oxygen atoms in total. The molecule has 0 bridgehead atoms. The van der Waals surface area contributed by atoms with Crippen LogP contribution in [0.1, 0.15) is 46.4 Å². The first-order valence-electron chi connectivity index (χ1n) is 8.41. The highest BCUT2D eigenvalue weighted by molar-refractivity contribution is 5.66. The second-order valence-electron chi connectivity index (χ2n) is 5.22. The Morgan fingerprint density at radius 1 is 1.14 bits per heavy atom. The Kier molecular flexibility index (Phi) is 8.58. The number of nitrogens with zero attached hydrogens (tertiary/aromatic N) is 3. The van der Waals surface area contributed by atoms with Gasteiger partial charge in [-0.3, -0.25) is 0 Å². The van der Waals surface area contributed by atoms with Crippen LogP contribution in [0, 0.1) is 0 Å². The minimum Gasteiger partial charge on any atom is -0.476 e. The molecule has 0 spiro atoms. The van der Waals surface area contributed by atoms with Crippen molar-refractivity contribution in [3.63, 3.8) is 0 Å². The van der Waals surface area contributed by atoms with Crippen LogP contribution in [0.5, 0.6) is 5.88 Å². The summed E-state index contributed by atoms with van der Waals surface area (Å²) in [4.78, 5) is 11.2. The first-order valence-corrected chi connectivity index (χ1v) is 8.41. The molecule has 0 saturated heterocycles. The molecule has 0 atom stereocenters. The van der Waals surface area contributed by atoms with E-state index in [9.17, 15) is 0 Å². The smallest absolute Gasteiger partial charge is 0.242 e. The summed E-state index contributed by atoms with van der Waals surface area (Å²) in [6.07, 6.45) is 2.84. The molecule has 0 aliphatic carbocycles. The quantitative estimate of drug-likeness (QED) is 0.612. The lowest BCUT2D eigenvalue weighted by Crippen LogP contribution is -2.29. The molecule has 1 rings (SSSR count). The van der Waals surface area contributed by atoms with Crippen molar-refractivity contribution in [2.24, 2.45) is 0 Å². The summed E-state index contributed by atoms with van der Waals surface area (Å²) >= 11 is 0. The lowest BCUT2D eigenvalue weighted by molar-refractivity contribution is 0.298. The third kappa shape index (κ3) is 5.67. The van der Waals surface area contributed by atoms with Crippen LogP contribution in [0.4, 0.5) is 11.5 Å². The SMILES string of the molecule is CCCCOc1nc(CC)nc(NCCN(CC)CC)c1N. The fourth-order valence-electron chi connectivity index (χ4n) is 2.08. The maximum absolute atomic E-state index is 6.14. The minimum absolute atomic E-state index is 0.505. The van der Waals surface area contributed by atoms with Crippen LogP contribution >= 0.6 is 0 Å². The van der Waals surface area contributed by atoms with Gasteiger partial charge in [0, 0.05) is 19.5 Å². The predicted octanol–water partition coefficient (Wildman–Crippen LogP) is 2.55. The molecule has 1 aromatic rings. The highest BCUT2D eigenvalue weighted by Crippen LogP contribution is 2.26. The summed E-state index contributed by atoms with van der Waals surface area (Å²) < 4.78 is 5.70. The number of hydrogen-bond donors (Lipinski definition) is 2. The van der Waals surface area contributed by atoms with Gasteiger partial charge >= 0.3 is 0 Å². The molecule has 0 radical (unpaired) electrons. The summed E-state index contributed by atoms with van der Waals surface area (Å²) in [6, 6.07) is 0. The topological polar surface area (TPSA) is 76.3 Å². The number of hydrogen-bond acceptors (Lipinski definition) is 6. The Bertz CT molecular complexity index is 435.